The number of rotatable bonds is 6. The van der Waals surface area contributed by atoms with E-state index < -0.39 is 25.4 Å². The molecule has 0 saturated carbocycles. The fraction of sp³-hybridized carbons (Fsp3) is 0.556. The van der Waals surface area contributed by atoms with Crippen molar-refractivity contribution in [1.82, 2.24) is 5.32 Å². The van der Waals surface area contributed by atoms with Gasteiger partial charge < -0.3 is 29.6 Å². The lowest BCUT2D eigenvalue weighted by atomic mass is 9.80. The number of hydrogen-bond acceptors (Lipinski definition) is 7. The van der Waals surface area contributed by atoms with Gasteiger partial charge in [0.15, 0.2) is 0 Å². The van der Waals surface area contributed by atoms with Crippen molar-refractivity contribution in [2.24, 2.45) is 11.8 Å². The number of hydrogen-bond donors (Lipinski definition) is 3. The zero-order valence-corrected chi connectivity index (χ0v) is 15.9. The molecule has 0 aliphatic carbocycles. The predicted octanol–water partition coefficient (Wildman–Crippen LogP) is -0.190. The number of amides is 1. The van der Waals surface area contributed by atoms with Crippen LogP contribution in [0.2, 0.25) is 0 Å². The van der Waals surface area contributed by atoms with Crippen molar-refractivity contribution in [3.63, 3.8) is 0 Å². The number of carbonyl (C=O) groups is 2. The SMILES string of the molecule is CC(=O)N[C@@H]1C(Oc2ccc(B(O)O)cc2)OC(COC(C)=O)C(C)C1C. The van der Waals surface area contributed by atoms with Gasteiger partial charge in [-0.3, -0.25) is 9.59 Å². The first-order chi connectivity index (χ1) is 12.7. The van der Waals surface area contributed by atoms with Gasteiger partial charge in [-0.1, -0.05) is 26.0 Å². The lowest BCUT2D eigenvalue weighted by Gasteiger charge is -2.44. The van der Waals surface area contributed by atoms with Crippen molar-refractivity contribution in [3.05, 3.63) is 24.3 Å². The van der Waals surface area contributed by atoms with Crippen LogP contribution in [-0.4, -0.2) is 54.1 Å². The molecule has 0 aromatic heterocycles. The van der Waals surface area contributed by atoms with Gasteiger partial charge in [-0.05, 0) is 29.4 Å². The molecule has 148 valence electrons. The minimum absolute atomic E-state index is 0.00625. The van der Waals surface area contributed by atoms with Crippen molar-refractivity contribution >= 4 is 24.5 Å². The average molecular weight is 379 g/mol. The van der Waals surface area contributed by atoms with Gasteiger partial charge in [0.2, 0.25) is 12.2 Å². The van der Waals surface area contributed by atoms with E-state index in [-0.39, 0.29) is 30.5 Å². The molecular weight excluding hydrogens is 353 g/mol. The van der Waals surface area contributed by atoms with Crippen molar-refractivity contribution in [2.75, 3.05) is 6.61 Å². The van der Waals surface area contributed by atoms with Gasteiger partial charge in [0.05, 0.1) is 12.1 Å². The lowest BCUT2D eigenvalue weighted by molar-refractivity contribution is -0.212. The third kappa shape index (κ3) is 5.69. The Morgan fingerprint density at radius 3 is 2.30 bits per heavy atom. The Balaban J connectivity index is 2.18. The molecular formula is C18H26BNO7. The average Bonchev–Trinajstić information content (AvgIpc) is 2.60. The van der Waals surface area contributed by atoms with E-state index >= 15 is 0 Å². The van der Waals surface area contributed by atoms with Crippen LogP contribution in [0.1, 0.15) is 27.7 Å². The van der Waals surface area contributed by atoms with Crippen molar-refractivity contribution in [3.8, 4) is 5.75 Å². The molecule has 0 spiro atoms. The highest BCUT2D eigenvalue weighted by Gasteiger charge is 2.43. The second-order valence-corrected chi connectivity index (χ2v) is 6.85. The number of esters is 1. The highest BCUT2D eigenvalue weighted by atomic mass is 16.7. The van der Waals surface area contributed by atoms with E-state index in [4.69, 9.17) is 14.2 Å². The van der Waals surface area contributed by atoms with Gasteiger partial charge in [0, 0.05) is 13.8 Å². The third-order valence-electron chi connectivity index (χ3n) is 4.84. The summed E-state index contributed by atoms with van der Waals surface area (Å²) in [6, 6.07) is 5.84. The monoisotopic (exact) mass is 379 g/mol. The molecule has 0 bridgehead atoms. The molecule has 0 radical (unpaired) electrons. The molecule has 5 atom stereocenters. The van der Waals surface area contributed by atoms with Crippen LogP contribution in [0.25, 0.3) is 0 Å². The Labute approximate surface area is 158 Å². The molecule has 1 amide bonds. The zero-order valence-electron chi connectivity index (χ0n) is 15.9. The zero-order chi connectivity index (χ0) is 20.1. The van der Waals surface area contributed by atoms with E-state index in [1.165, 1.54) is 26.0 Å². The second kappa shape index (κ2) is 9.21. The quantitative estimate of drug-likeness (QED) is 0.464. The molecule has 8 nitrogen and oxygen atoms in total. The summed E-state index contributed by atoms with van der Waals surface area (Å²) >= 11 is 0. The minimum Gasteiger partial charge on any atom is -0.463 e. The summed E-state index contributed by atoms with van der Waals surface area (Å²) in [7, 11) is -1.56. The van der Waals surface area contributed by atoms with Gasteiger partial charge >= 0.3 is 13.1 Å². The molecule has 2 rings (SSSR count). The molecule has 1 saturated heterocycles. The van der Waals surface area contributed by atoms with Crippen molar-refractivity contribution in [2.45, 2.75) is 46.1 Å². The summed E-state index contributed by atoms with van der Waals surface area (Å²) in [5.74, 6) is -0.112. The molecule has 1 fully saturated rings. The molecule has 9 heteroatoms. The number of benzene rings is 1. The Hall–Kier alpha value is -2.10. The minimum atomic E-state index is -1.56. The summed E-state index contributed by atoms with van der Waals surface area (Å²) in [5, 5.41) is 21.2. The van der Waals surface area contributed by atoms with Gasteiger partial charge in [-0.15, -0.1) is 0 Å². The number of nitrogens with one attached hydrogen (secondary N) is 1. The number of ether oxygens (including phenoxy) is 3. The highest BCUT2D eigenvalue weighted by Crippen LogP contribution is 2.32. The Bertz CT molecular complexity index is 650. The first-order valence-electron chi connectivity index (χ1n) is 8.87. The maximum atomic E-state index is 11.6. The molecule has 4 unspecified atom stereocenters. The number of carbonyl (C=O) groups excluding carboxylic acids is 2. The van der Waals surface area contributed by atoms with E-state index in [1.54, 1.807) is 12.1 Å². The first-order valence-corrected chi connectivity index (χ1v) is 8.87. The van der Waals surface area contributed by atoms with Crippen LogP contribution < -0.4 is 15.5 Å². The third-order valence-corrected chi connectivity index (χ3v) is 4.84. The normalized spacial score (nSPS) is 27.6. The largest absolute Gasteiger partial charge is 0.488 e. The topological polar surface area (TPSA) is 114 Å². The smallest absolute Gasteiger partial charge is 0.463 e. The van der Waals surface area contributed by atoms with Gasteiger partial charge in [-0.25, -0.2) is 0 Å². The van der Waals surface area contributed by atoms with Crippen LogP contribution in [0.15, 0.2) is 24.3 Å². The van der Waals surface area contributed by atoms with Crippen LogP contribution in [-0.2, 0) is 19.1 Å². The van der Waals surface area contributed by atoms with E-state index in [0.717, 1.165) is 0 Å². The molecule has 27 heavy (non-hydrogen) atoms. The Morgan fingerprint density at radius 2 is 1.78 bits per heavy atom. The van der Waals surface area contributed by atoms with Crippen molar-refractivity contribution < 1.29 is 33.8 Å². The molecule has 1 aromatic carbocycles. The van der Waals surface area contributed by atoms with Crippen LogP contribution in [0, 0.1) is 11.8 Å². The van der Waals surface area contributed by atoms with Gasteiger partial charge in [0.1, 0.15) is 12.4 Å². The molecule has 1 aliphatic heterocycles. The van der Waals surface area contributed by atoms with Crippen LogP contribution >= 0.6 is 0 Å². The van der Waals surface area contributed by atoms with Crippen molar-refractivity contribution in [1.29, 1.82) is 0 Å². The summed E-state index contributed by atoms with van der Waals surface area (Å²) in [6.07, 6.45) is -1.16. The molecule has 1 aliphatic rings. The second-order valence-electron chi connectivity index (χ2n) is 6.85. The Kier molecular flexibility index (Phi) is 7.23. The van der Waals surface area contributed by atoms with E-state index in [2.05, 4.69) is 5.32 Å². The standard InChI is InChI=1S/C18H26BNO7/c1-10-11(2)17(20-12(3)21)18(27-16(10)9-25-13(4)22)26-15-7-5-14(6-8-15)19(23)24/h5-8,10-11,16-18,23-24H,9H2,1-4H3,(H,20,21)/t10?,11?,16?,17-,18?/m0/s1. The Morgan fingerprint density at radius 1 is 1.15 bits per heavy atom. The summed E-state index contributed by atoms with van der Waals surface area (Å²) < 4.78 is 17.0. The fourth-order valence-corrected chi connectivity index (χ4v) is 3.07. The van der Waals surface area contributed by atoms with Gasteiger partial charge in [0.25, 0.3) is 0 Å². The maximum absolute atomic E-state index is 11.6. The summed E-state index contributed by atoms with van der Waals surface area (Å²) in [5.41, 5.74) is 0.333. The van der Waals surface area contributed by atoms with Gasteiger partial charge in [-0.2, -0.15) is 0 Å². The lowest BCUT2D eigenvalue weighted by Crippen LogP contribution is -2.59. The molecule has 1 heterocycles. The summed E-state index contributed by atoms with van der Waals surface area (Å²) in [6.45, 7) is 6.82. The van der Waals surface area contributed by atoms with Crippen LogP contribution in [0.5, 0.6) is 5.75 Å². The fourth-order valence-electron chi connectivity index (χ4n) is 3.07. The van der Waals surface area contributed by atoms with Crippen LogP contribution in [0.4, 0.5) is 0 Å². The first kappa shape index (κ1) is 21.2. The molecule has 1 aromatic rings. The maximum Gasteiger partial charge on any atom is 0.488 e. The van der Waals surface area contributed by atoms with E-state index in [0.29, 0.717) is 11.2 Å². The van der Waals surface area contributed by atoms with Crippen LogP contribution in [0.3, 0.4) is 0 Å². The molecule has 3 N–H and O–H groups in total. The van der Waals surface area contributed by atoms with E-state index in [9.17, 15) is 19.6 Å². The predicted molar refractivity (Wildman–Crippen MR) is 98.1 cm³/mol. The highest BCUT2D eigenvalue weighted by molar-refractivity contribution is 6.58. The van der Waals surface area contributed by atoms with E-state index in [1.807, 2.05) is 13.8 Å². The summed E-state index contributed by atoms with van der Waals surface area (Å²) in [4.78, 5) is 22.8.